The van der Waals surface area contributed by atoms with Crippen LogP contribution in [0.2, 0.25) is 0 Å². The zero-order valence-corrected chi connectivity index (χ0v) is 25.3. The number of carbonyl (C=O) groups excluding carboxylic acids is 2. The molecule has 0 bridgehead atoms. The lowest BCUT2D eigenvalue weighted by Crippen LogP contribution is -2.49. The van der Waals surface area contributed by atoms with E-state index in [0.717, 1.165) is 24.6 Å². The number of hydrogen-bond acceptors (Lipinski definition) is 9. The molecule has 42 heavy (non-hydrogen) atoms. The minimum absolute atomic E-state index is 0.0569. The zero-order valence-electron chi connectivity index (χ0n) is 24.5. The van der Waals surface area contributed by atoms with Crippen molar-refractivity contribution in [3.8, 4) is 0 Å². The number of carboxylic acid groups (broad SMARTS) is 1. The highest BCUT2D eigenvalue weighted by molar-refractivity contribution is 7.14. The standard InChI is InChI=1S/C29H37N7O5S/c1-29(2,3)21-17-42-28(31-21)33-26(40)18-10-14-36-22(15-18)32-25(20(27(36)41)8-9-24(38)39)35-12-6-7-19(16-35)30-23(37)11-13-34(4)5/h8-10,14-15,17,19H,6-7,11-13,16H2,1-5H3,(H,30,37)(H,38,39)(H,31,33,40). The summed E-state index contributed by atoms with van der Waals surface area (Å²) in [6.07, 6.45) is 5.49. The van der Waals surface area contributed by atoms with Gasteiger partial charge in [-0.25, -0.2) is 14.8 Å². The first-order valence-electron chi connectivity index (χ1n) is 13.8. The van der Waals surface area contributed by atoms with Gasteiger partial charge in [-0.05, 0) is 45.1 Å². The Morgan fingerprint density at radius 2 is 2.00 bits per heavy atom. The summed E-state index contributed by atoms with van der Waals surface area (Å²) in [5.41, 5.74) is 0.894. The molecule has 1 saturated heterocycles. The van der Waals surface area contributed by atoms with E-state index in [4.69, 9.17) is 4.98 Å². The lowest BCUT2D eigenvalue weighted by atomic mass is 9.93. The number of carbonyl (C=O) groups is 3. The van der Waals surface area contributed by atoms with Gasteiger partial charge in [-0.1, -0.05) is 20.8 Å². The van der Waals surface area contributed by atoms with Crippen LogP contribution in [0.4, 0.5) is 10.9 Å². The molecule has 0 aromatic carbocycles. The van der Waals surface area contributed by atoms with Crippen molar-refractivity contribution in [3.05, 3.63) is 57.0 Å². The number of nitrogens with one attached hydrogen (secondary N) is 2. The molecule has 1 unspecified atom stereocenters. The second-order valence-electron chi connectivity index (χ2n) is 11.6. The second-order valence-corrected chi connectivity index (χ2v) is 12.5. The Bertz CT molecular complexity index is 1570. The van der Waals surface area contributed by atoms with E-state index in [9.17, 15) is 24.3 Å². The molecule has 3 aromatic rings. The topological polar surface area (TPSA) is 149 Å². The van der Waals surface area contributed by atoms with Crippen LogP contribution in [0.25, 0.3) is 11.7 Å². The maximum Gasteiger partial charge on any atom is 0.328 e. The van der Waals surface area contributed by atoms with Crippen LogP contribution in [0.1, 0.15) is 61.6 Å². The largest absolute Gasteiger partial charge is 0.478 e. The fourth-order valence-electron chi connectivity index (χ4n) is 4.58. The highest BCUT2D eigenvalue weighted by Crippen LogP contribution is 2.27. The van der Waals surface area contributed by atoms with E-state index in [1.807, 2.05) is 50.0 Å². The van der Waals surface area contributed by atoms with Crippen molar-refractivity contribution in [3.63, 3.8) is 0 Å². The van der Waals surface area contributed by atoms with E-state index < -0.39 is 17.4 Å². The van der Waals surface area contributed by atoms with E-state index in [0.29, 0.717) is 42.6 Å². The molecular formula is C29H37N7O5S. The number of rotatable bonds is 9. The summed E-state index contributed by atoms with van der Waals surface area (Å²) in [7, 11) is 3.81. The van der Waals surface area contributed by atoms with Gasteiger partial charge in [0.05, 0.1) is 11.3 Å². The van der Waals surface area contributed by atoms with Gasteiger partial charge >= 0.3 is 5.97 Å². The molecule has 12 nitrogen and oxygen atoms in total. The van der Waals surface area contributed by atoms with Crippen LogP contribution in [-0.2, 0) is 15.0 Å². The molecule has 2 amide bonds. The number of pyridine rings is 1. The molecule has 0 saturated carbocycles. The fraction of sp³-hybridized carbons (Fsp3) is 0.448. The van der Waals surface area contributed by atoms with Crippen molar-refractivity contribution < 1.29 is 19.5 Å². The number of hydrogen-bond donors (Lipinski definition) is 3. The number of aliphatic carboxylic acids is 1. The summed E-state index contributed by atoms with van der Waals surface area (Å²) in [6, 6.07) is 2.88. The Kier molecular flexibility index (Phi) is 9.42. The highest BCUT2D eigenvalue weighted by atomic mass is 32.1. The van der Waals surface area contributed by atoms with Gasteiger partial charge in [0, 0.05) is 60.7 Å². The van der Waals surface area contributed by atoms with Gasteiger partial charge in [-0.2, -0.15) is 0 Å². The van der Waals surface area contributed by atoms with Gasteiger partial charge in [0.25, 0.3) is 11.5 Å². The number of thiazole rings is 1. The third-order valence-corrected chi connectivity index (χ3v) is 7.62. The average molecular weight is 596 g/mol. The van der Waals surface area contributed by atoms with Crippen molar-refractivity contribution >= 4 is 51.8 Å². The molecular weight excluding hydrogens is 558 g/mol. The third kappa shape index (κ3) is 7.59. The van der Waals surface area contributed by atoms with Crippen molar-refractivity contribution in [1.82, 2.24) is 24.6 Å². The maximum atomic E-state index is 13.6. The molecule has 224 valence electrons. The summed E-state index contributed by atoms with van der Waals surface area (Å²) >= 11 is 1.34. The maximum absolute atomic E-state index is 13.6. The molecule has 4 rings (SSSR count). The smallest absolute Gasteiger partial charge is 0.328 e. The minimum atomic E-state index is -1.20. The number of fused-ring (bicyclic) bond motifs is 1. The molecule has 1 aliphatic heterocycles. The van der Waals surface area contributed by atoms with Crippen LogP contribution < -0.4 is 21.1 Å². The number of piperidine rings is 1. The molecule has 0 radical (unpaired) electrons. The first kappa shape index (κ1) is 30.8. The van der Waals surface area contributed by atoms with Gasteiger partial charge in [-0.15, -0.1) is 11.3 Å². The van der Waals surface area contributed by atoms with E-state index >= 15 is 0 Å². The monoisotopic (exact) mass is 595 g/mol. The summed E-state index contributed by atoms with van der Waals surface area (Å²) in [4.78, 5) is 63.5. The van der Waals surface area contributed by atoms with Crippen LogP contribution in [-0.4, -0.2) is 81.9 Å². The molecule has 3 N–H and O–H groups in total. The van der Waals surface area contributed by atoms with Crippen molar-refractivity contribution in [2.24, 2.45) is 0 Å². The fourth-order valence-corrected chi connectivity index (χ4v) is 5.51. The average Bonchev–Trinajstić information content (AvgIpc) is 3.40. The lowest BCUT2D eigenvalue weighted by Gasteiger charge is -2.34. The zero-order chi connectivity index (χ0) is 30.6. The summed E-state index contributed by atoms with van der Waals surface area (Å²) in [6.45, 7) is 7.74. The van der Waals surface area contributed by atoms with Gasteiger partial charge in [0.1, 0.15) is 11.5 Å². The quantitative estimate of drug-likeness (QED) is 0.318. The van der Waals surface area contributed by atoms with E-state index in [-0.39, 0.29) is 28.6 Å². The number of carboxylic acids is 1. The molecule has 1 fully saturated rings. The molecule has 0 spiro atoms. The molecule has 3 aromatic heterocycles. The predicted octanol–water partition coefficient (Wildman–Crippen LogP) is 2.84. The van der Waals surface area contributed by atoms with E-state index in [1.54, 1.807) is 0 Å². The van der Waals surface area contributed by atoms with Crippen LogP contribution >= 0.6 is 11.3 Å². The van der Waals surface area contributed by atoms with Gasteiger partial charge in [-0.3, -0.25) is 24.1 Å². The van der Waals surface area contributed by atoms with Crippen LogP contribution in [0.5, 0.6) is 0 Å². The number of anilines is 2. The van der Waals surface area contributed by atoms with Crippen LogP contribution in [0.15, 0.2) is 34.6 Å². The summed E-state index contributed by atoms with van der Waals surface area (Å²) < 4.78 is 1.29. The molecule has 4 heterocycles. The first-order valence-corrected chi connectivity index (χ1v) is 14.6. The molecule has 13 heteroatoms. The number of amides is 2. The van der Waals surface area contributed by atoms with Crippen LogP contribution in [0, 0.1) is 0 Å². The van der Waals surface area contributed by atoms with Crippen LogP contribution in [0.3, 0.4) is 0 Å². The number of aromatic nitrogens is 3. The van der Waals surface area contributed by atoms with E-state index in [1.165, 1.54) is 40.1 Å². The summed E-state index contributed by atoms with van der Waals surface area (Å²) in [5.74, 6) is -1.34. The lowest BCUT2D eigenvalue weighted by molar-refractivity contribution is -0.131. The Hall–Kier alpha value is -4.10. The van der Waals surface area contributed by atoms with Crippen molar-refractivity contribution in [2.45, 2.75) is 51.5 Å². The second kappa shape index (κ2) is 12.8. The molecule has 0 aliphatic carbocycles. The number of nitrogens with zero attached hydrogens (tertiary/aromatic N) is 5. The molecule has 1 atom stereocenters. The highest BCUT2D eigenvalue weighted by Gasteiger charge is 2.26. The Balaban J connectivity index is 1.65. The predicted molar refractivity (Wildman–Crippen MR) is 163 cm³/mol. The summed E-state index contributed by atoms with van der Waals surface area (Å²) in [5, 5.41) is 17.5. The van der Waals surface area contributed by atoms with Gasteiger partial charge < -0.3 is 20.2 Å². The Labute approximate surface area is 248 Å². The van der Waals surface area contributed by atoms with Crippen molar-refractivity contribution in [1.29, 1.82) is 0 Å². The third-order valence-electron chi connectivity index (χ3n) is 6.87. The van der Waals surface area contributed by atoms with Gasteiger partial charge in [0.2, 0.25) is 5.91 Å². The Morgan fingerprint density at radius 3 is 2.67 bits per heavy atom. The first-order chi connectivity index (χ1) is 19.8. The SMILES string of the molecule is CN(C)CCC(=O)NC1CCCN(c2nc3cc(C(=O)Nc4nc(C(C)(C)C)cs4)ccn3c(=O)c2C=CC(=O)O)C1. The molecule has 1 aliphatic rings. The Morgan fingerprint density at radius 1 is 1.24 bits per heavy atom. The van der Waals surface area contributed by atoms with Crippen molar-refractivity contribution in [2.75, 3.05) is 43.9 Å². The van der Waals surface area contributed by atoms with Gasteiger partial charge in [0.15, 0.2) is 5.13 Å². The van der Waals surface area contributed by atoms with E-state index in [2.05, 4.69) is 15.6 Å². The minimum Gasteiger partial charge on any atom is -0.478 e. The normalized spacial score (nSPS) is 15.9.